The van der Waals surface area contributed by atoms with Crippen LogP contribution in [0.2, 0.25) is 0 Å². The zero-order valence-corrected chi connectivity index (χ0v) is 13.0. The van der Waals surface area contributed by atoms with Gasteiger partial charge < -0.3 is 9.97 Å². The number of hydrogen-bond acceptors (Lipinski definition) is 3. The van der Waals surface area contributed by atoms with Crippen LogP contribution in [0.1, 0.15) is 33.3 Å². The molecule has 0 aliphatic heterocycles. The van der Waals surface area contributed by atoms with Crippen LogP contribution in [0.3, 0.4) is 0 Å². The van der Waals surface area contributed by atoms with Gasteiger partial charge >= 0.3 is 0 Å². The van der Waals surface area contributed by atoms with Gasteiger partial charge in [-0.3, -0.25) is 25.2 Å². The van der Waals surface area contributed by atoms with Crippen molar-refractivity contribution in [1.29, 1.82) is 0 Å². The largest absolute Gasteiger partial charge is 0.361 e. The summed E-state index contributed by atoms with van der Waals surface area (Å²) in [7, 11) is 0. The first-order valence-electron chi connectivity index (χ1n) is 7.38. The van der Waals surface area contributed by atoms with E-state index < -0.39 is 5.91 Å². The fourth-order valence-electron chi connectivity index (χ4n) is 2.42. The van der Waals surface area contributed by atoms with Gasteiger partial charge in [-0.05, 0) is 24.6 Å². The number of Topliss-reactive ketones (excluding diaryl/α,β-unsaturated/α-hetero) is 1. The Kier molecular flexibility index (Phi) is 4.15. The van der Waals surface area contributed by atoms with Gasteiger partial charge in [-0.15, -0.1) is 0 Å². The van der Waals surface area contributed by atoms with Crippen LogP contribution in [-0.4, -0.2) is 27.6 Å². The summed E-state index contributed by atoms with van der Waals surface area (Å²) in [6.45, 7) is 1.41. The van der Waals surface area contributed by atoms with E-state index in [0.717, 1.165) is 16.5 Å². The maximum absolute atomic E-state index is 12.0. The van der Waals surface area contributed by atoms with E-state index in [-0.39, 0.29) is 23.8 Å². The van der Waals surface area contributed by atoms with E-state index in [4.69, 9.17) is 0 Å². The number of ketones is 1. The number of aromatic amines is 2. The molecule has 0 saturated heterocycles. The molecule has 0 bridgehead atoms. The maximum atomic E-state index is 12.0. The highest BCUT2D eigenvalue weighted by Gasteiger charge is 2.13. The topological polar surface area (TPSA) is 107 Å². The molecule has 0 aliphatic carbocycles. The molecule has 2 aromatic heterocycles. The Morgan fingerprint density at radius 3 is 2.58 bits per heavy atom. The van der Waals surface area contributed by atoms with Crippen molar-refractivity contribution in [2.75, 3.05) is 0 Å². The number of nitrogens with one attached hydrogen (secondary N) is 4. The highest BCUT2D eigenvalue weighted by Crippen LogP contribution is 2.17. The van der Waals surface area contributed by atoms with Crippen LogP contribution >= 0.6 is 0 Å². The Morgan fingerprint density at radius 1 is 1.04 bits per heavy atom. The average Bonchev–Trinajstić information content (AvgIpc) is 3.20. The predicted molar refractivity (Wildman–Crippen MR) is 88.4 cm³/mol. The first-order valence-corrected chi connectivity index (χ1v) is 7.38. The van der Waals surface area contributed by atoms with Crippen molar-refractivity contribution in [1.82, 2.24) is 20.8 Å². The molecule has 1 aromatic carbocycles. The molecule has 0 fully saturated rings. The minimum absolute atomic E-state index is 0.133. The third-order valence-electron chi connectivity index (χ3n) is 3.68. The molecule has 7 heteroatoms. The Bertz CT molecular complexity index is 923. The predicted octanol–water partition coefficient (Wildman–Crippen LogP) is 1.70. The Morgan fingerprint density at radius 2 is 1.83 bits per heavy atom. The lowest BCUT2D eigenvalue weighted by atomic mass is 10.1. The highest BCUT2D eigenvalue weighted by molar-refractivity contribution is 5.99. The lowest BCUT2D eigenvalue weighted by Gasteiger charge is -2.06. The molecule has 0 aliphatic rings. The van der Waals surface area contributed by atoms with E-state index in [1.54, 1.807) is 6.20 Å². The summed E-state index contributed by atoms with van der Waals surface area (Å²) in [5, 5.41) is 0.967. The number of carbonyl (C=O) groups is 3. The van der Waals surface area contributed by atoms with E-state index in [1.165, 1.54) is 19.2 Å². The summed E-state index contributed by atoms with van der Waals surface area (Å²) in [5.74, 6) is -1.00. The first-order chi connectivity index (χ1) is 11.5. The van der Waals surface area contributed by atoms with E-state index >= 15 is 0 Å². The standard InChI is InChI=1S/C17H16N4O3/c1-10(22)11-6-15(19-8-11)17(24)21-20-16(23)7-12-9-18-14-5-3-2-4-13(12)14/h2-6,8-9,18-19H,7H2,1H3,(H,20,23)(H,21,24). The van der Waals surface area contributed by atoms with Crippen LogP contribution in [0.4, 0.5) is 0 Å². The smallest absolute Gasteiger partial charge is 0.286 e. The van der Waals surface area contributed by atoms with Crippen LogP contribution in [0.25, 0.3) is 10.9 Å². The van der Waals surface area contributed by atoms with Crippen molar-refractivity contribution in [3.63, 3.8) is 0 Å². The molecular formula is C17H16N4O3. The van der Waals surface area contributed by atoms with Crippen molar-refractivity contribution in [2.24, 2.45) is 0 Å². The molecular weight excluding hydrogens is 308 g/mol. The van der Waals surface area contributed by atoms with Gasteiger partial charge in [0.2, 0.25) is 5.91 Å². The number of hydrogen-bond donors (Lipinski definition) is 4. The molecule has 0 saturated carbocycles. The number of rotatable bonds is 4. The van der Waals surface area contributed by atoms with E-state index in [9.17, 15) is 14.4 Å². The summed E-state index contributed by atoms with van der Waals surface area (Å²) in [5.41, 5.74) is 7.09. The van der Waals surface area contributed by atoms with Gasteiger partial charge in [0.05, 0.1) is 6.42 Å². The summed E-state index contributed by atoms with van der Waals surface area (Å²) in [4.78, 5) is 40.9. The normalized spacial score (nSPS) is 10.5. The van der Waals surface area contributed by atoms with E-state index in [1.807, 2.05) is 24.3 Å². The average molecular weight is 324 g/mol. The Hall–Kier alpha value is -3.35. The minimum atomic E-state index is -0.519. The van der Waals surface area contributed by atoms with Gasteiger partial charge in [0.1, 0.15) is 5.69 Å². The molecule has 0 unspecified atom stereocenters. The summed E-state index contributed by atoms with van der Waals surface area (Å²) in [6.07, 6.45) is 3.36. The van der Waals surface area contributed by atoms with Crippen molar-refractivity contribution >= 4 is 28.5 Å². The van der Waals surface area contributed by atoms with Gasteiger partial charge in [-0.1, -0.05) is 18.2 Å². The Labute approximate surface area is 137 Å². The van der Waals surface area contributed by atoms with E-state index in [2.05, 4.69) is 20.8 Å². The molecule has 3 aromatic rings. The minimum Gasteiger partial charge on any atom is -0.361 e. The molecule has 3 rings (SSSR count). The number of fused-ring (bicyclic) bond motifs is 1. The number of hydrazine groups is 1. The molecule has 0 atom stereocenters. The monoisotopic (exact) mass is 324 g/mol. The zero-order chi connectivity index (χ0) is 17.1. The van der Waals surface area contributed by atoms with Crippen LogP contribution < -0.4 is 10.9 Å². The van der Waals surface area contributed by atoms with E-state index in [0.29, 0.717) is 5.56 Å². The molecule has 4 N–H and O–H groups in total. The summed E-state index contributed by atoms with van der Waals surface area (Å²) < 4.78 is 0. The van der Waals surface area contributed by atoms with Gasteiger partial charge in [-0.25, -0.2) is 0 Å². The van der Waals surface area contributed by atoms with Crippen molar-refractivity contribution < 1.29 is 14.4 Å². The molecule has 0 spiro atoms. The molecule has 122 valence electrons. The number of H-pyrrole nitrogens is 2. The second kappa shape index (κ2) is 6.41. The highest BCUT2D eigenvalue weighted by atomic mass is 16.2. The summed E-state index contributed by atoms with van der Waals surface area (Å²) >= 11 is 0. The molecule has 2 heterocycles. The lowest BCUT2D eigenvalue weighted by molar-refractivity contribution is -0.121. The third kappa shape index (κ3) is 3.19. The number of carbonyl (C=O) groups excluding carboxylic acids is 3. The summed E-state index contributed by atoms with van der Waals surface area (Å²) in [6, 6.07) is 9.10. The fourth-order valence-corrected chi connectivity index (χ4v) is 2.42. The van der Waals surface area contributed by atoms with Crippen LogP contribution in [-0.2, 0) is 11.2 Å². The SMILES string of the molecule is CC(=O)c1c[nH]c(C(=O)NNC(=O)Cc2c[nH]c3ccccc23)c1. The number of para-hydroxylation sites is 1. The van der Waals surface area contributed by atoms with Gasteiger partial charge in [-0.2, -0.15) is 0 Å². The quantitative estimate of drug-likeness (QED) is 0.433. The second-order valence-corrected chi connectivity index (χ2v) is 5.40. The first kappa shape index (κ1) is 15.5. The third-order valence-corrected chi connectivity index (χ3v) is 3.68. The molecule has 2 amide bonds. The van der Waals surface area contributed by atoms with Gasteiger partial charge in [0.15, 0.2) is 5.78 Å². The van der Waals surface area contributed by atoms with Crippen LogP contribution in [0.5, 0.6) is 0 Å². The van der Waals surface area contributed by atoms with Crippen LogP contribution in [0, 0.1) is 0 Å². The van der Waals surface area contributed by atoms with Gasteiger partial charge in [0, 0.05) is 28.9 Å². The maximum Gasteiger partial charge on any atom is 0.286 e. The van der Waals surface area contributed by atoms with Crippen LogP contribution in [0.15, 0.2) is 42.7 Å². The number of aromatic nitrogens is 2. The van der Waals surface area contributed by atoms with Crippen molar-refractivity contribution in [3.05, 3.63) is 59.5 Å². The second-order valence-electron chi connectivity index (χ2n) is 5.40. The zero-order valence-electron chi connectivity index (χ0n) is 13.0. The molecule has 7 nitrogen and oxygen atoms in total. The van der Waals surface area contributed by atoms with Crippen molar-refractivity contribution in [2.45, 2.75) is 13.3 Å². The van der Waals surface area contributed by atoms with Gasteiger partial charge in [0.25, 0.3) is 5.91 Å². The Balaban J connectivity index is 1.59. The fraction of sp³-hybridized carbons (Fsp3) is 0.118. The molecule has 0 radical (unpaired) electrons. The number of benzene rings is 1. The lowest BCUT2D eigenvalue weighted by Crippen LogP contribution is -2.42. The number of amides is 2. The molecule has 24 heavy (non-hydrogen) atoms. The van der Waals surface area contributed by atoms with Crippen molar-refractivity contribution in [3.8, 4) is 0 Å².